The number of hydrogen-bond acceptors (Lipinski definition) is 4. The van der Waals surface area contributed by atoms with Crippen LogP contribution in [0.25, 0.3) is 0 Å². The average molecular weight is 192 g/mol. The van der Waals surface area contributed by atoms with Gasteiger partial charge in [-0.2, -0.15) is 0 Å². The molecule has 0 radical (unpaired) electrons. The molecule has 1 aromatic heterocycles. The first-order chi connectivity index (χ1) is 6.86. The van der Waals surface area contributed by atoms with Gasteiger partial charge in [0.1, 0.15) is 0 Å². The van der Waals surface area contributed by atoms with Crippen LogP contribution in [0.2, 0.25) is 0 Å². The second-order valence-electron chi connectivity index (χ2n) is 3.76. The van der Waals surface area contributed by atoms with Gasteiger partial charge in [0.2, 0.25) is 0 Å². The summed E-state index contributed by atoms with van der Waals surface area (Å²) in [5.41, 5.74) is 1.04. The van der Waals surface area contributed by atoms with Crippen LogP contribution < -0.4 is 5.32 Å². The van der Waals surface area contributed by atoms with Gasteiger partial charge >= 0.3 is 0 Å². The van der Waals surface area contributed by atoms with Crippen molar-refractivity contribution in [2.24, 2.45) is 0 Å². The van der Waals surface area contributed by atoms with E-state index < -0.39 is 0 Å². The zero-order chi connectivity index (χ0) is 9.80. The first kappa shape index (κ1) is 9.55. The third-order valence-electron chi connectivity index (χ3n) is 2.69. The standard InChI is InChI=1S/C10H16N4/c1-14(10-2-3-11-7-10)8-9-6-12-4-5-13-9/h4-6,10-11H,2-3,7-8H2,1H3/t10-/m1/s1. The highest BCUT2D eigenvalue weighted by molar-refractivity contribution is 4.95. The zero-order valence-corrected chi connectivity index (χ0v) is 8.48. The van der Waals surface area contributed by atoms with Crippen molar-refractivity contribution in [2.75, 3.05) is 20.1 Å². The van der Waals surface area contributed by atoms with Crippen molar-refractivity contribution >= 4 is 0 Å². The van der Waals surface area contributed by atoms with Gasteiger partial charge in [-0.15, -0.1) is 0 Å². The first-order valence-electron chi connectivity index (χ1n) is 5.02. The molecule has 76 valence electrons. The summed E-state index contributed by atoms with van der Waals surface area (Å²) < 4.78 is 0. The molecule has 0 bridgehead atoms. The molecule has 1 aliphatic rings. The molecule has 1 saturated heterocycles. The Morgan fingerprint density at radius 1 is 1.57 bits per heavy atom. The maximum Gasteiger partial charge on any atom is 0.0726 e. The number of rotatable bonds is 3. The van der Waals surface area contributed by atoms with Gasteiger partial charge in [0.05, 0.1) is 5.69 Å². The molecule has 14 heavy (non-hydrogen) atoms. The third kappa shape index (κ3) is 2.27. The second kappa shape index (κ2) is 4.48. The number of aromatic nitrogens is 2. The Labute approximate surface area is 84.4 Å². The normalized spacial score (nSPS) is 21.7. The number of hydrogen-bond donors (Lipinski definition) is 1. The first-order valence-corrected chi connectivity index (χ1v) is 5.02. The molecule has 4 heteroatoms. The van der Waals surface area contributed by atoms with E-state index in [2.05, 4.69) is 27.2 Å². The van der Waals surface area contributed by atoms with Gasteiger partial charge in [0.25, 0.3) is 0 Å². The van der Waals surface area contributed by atoms with Crippen LogP contribution in [0.4, 0.5) is 0 Å². The predicted molar refractivity (Wildman–Crippen MR) is 54.8 cm³/mol. The number of likely N-dealkylation sites (N-methyl/N-ethyl adjacent to an activating group) is 1. The van der Waals surface area contributed by atoms with Gasteiger partial charge in [0.15, 0.2) is 0 Å². The minimum atomic E-state index is 0.650. The second-order valence-corrected chi connectivity index (χ2v) is 3.76. The van der Waals surface area contributed by atoms with Crippen molar-refractivity contribution in [2.45, 2.75) is 19.0 Å². The molecule has 4 nitrogen and oxygen atoms in total. The van der Waals surface area contributed by atoms with Crippen molar-refractivity contribution in [3.63, 3.8) is 0 Å². The fraction of sp³-hybridized carbons (Fsp3) is 0.600. The Bertz CT molecular complexity index is 269. The van der Waals surface area contributed by atoms with Gasteiger partial charge in [0, 0.05) is 37.7 Å². The molecular formula is C10H16N4. The molecule has 0 saturated carbocycles. The van der Waals surface area contributed by atoms with E-state index in [1.807, 2.05) is 6.20 Å². The maximum atomic E-state index is 4.27. The van der Waals surface area contributed by atoms with Crippen molar-refractivity contribution in [1.82, 2.24) is 20.2 Å². The lowest BCUT2D eigenvalue weighted by Gasteiger charge is -2.22. The molecule has 2 rings (SSSR count). The van der Waals surface area contributed by atoms with E-state index in [9.17, 15) is 0 Å². The lowest BCUT2D eigenvalue weighted by atomic mass is 10.2. The summed E-state index contributed by atoms with van der Waals surface area (Å²) in [6.45, 7) is 3.12. The summed E-state index contributed by atoms with van der Waals surface area (Å²) in [6, 6.07) is 0.650. The van der Waals surface area contributed by atoms with Crippen molar-refractivity contribution in [3.05, 3.63) is 24.3 Å². The Kier molecular flexibility index (Phi) is 3.06. The lowest BCUT2D eigenvalue weighted by Crippen LogP contribution is -2.33. The van der Waals surface area contributed by atoms with E-state index in [1.165, 1.54) is 6.42 Å². The van der Waals surface area contributed by atoms with Crippen LogP contribution >= 0.6 is 0 Å². The molecule has 1 atom stereocenters. The minimum absolute atomic E-state index is 0.650. The Morgan fingerprint density at radius 3 is 3.14 bits per heavy atom. The van der Waals surface area contributed by atoms with Crippen LogP contribution in [-0.2, 0) is 6.54 Å². The molecule has 1 aliphatic heterocycles. The summed E-state index contributed by atoms with van der Waals surface area (Å²) in [7, 11) is 2.15. The molecule has 0 aliphatic carbocycles. The fourth-order valence-corrected chi connectivity index (χ4v) is 1.81. The predicted octanol–water partition coefficient (Wildman–Crippen LogP) is 0.270. The summed E-state index contributed by atoms with van der Waals surface area (Å²) >= 11 is 0. The molecule has 0 amide bonds. The van der Waals surface area contributed by atoms with Crippen LogP contribution in [-0.4, -0.2) is 41.0 Å². The molecule has 1 N–H and O–H groups in total. The Morgan fingerprint density at radius 2 is 2.50 bits per heavy atom. The number of nitrogens with one attached hydrogen (secondary N) is 1. The van der Waals surface area contributed by atoms with Gasteiger partial charge in [-0.1, -0.05) is 0 Å². The van der Waals surface area contributed by atoms with E-state index >= 15 is 0 Å². The monoisotopic (exact) mass is 192 g/mol. The quantitative estimate of drug-likeness (QED) is 0.746. The van der Waals surface area contributed by atoms with Crippen molar-refractivity contribution < 1.29 is 0 Å². The van der Waals surface area contributed by atoms with E-state index in [0.29, 0.717) is 6.04 Å². The molecule has 0 unspecified atom stereocenters. The van der Waals surface area contributed by atoms with Crippen LogP contribution in [0.15, 0.2) is 18.6 Å². The minimum Gasteiger partial charge on any atom is -0.315 e. The molecule has 0 spiro atoms. The molecule has 0 aromatic carbocycles. The highest BCUT2D eigenvalue weighted by Gasteiger charge is 2.19. The Balaban J connectivity index is 1.90. The van der Waals surface area contributed by atoms with Gasteiger partial charge < -0.3 is 5.32 Å². The fourth-order valence-electron chi connectivity index (χ4n) is 1.81. The van der Waals surface area contributed by atoms with E-state index in [1.54, 1.807) is 12.4 Å². The SMILES string of the molecule is CN(Cc1cnccn1)[C@@H]1CCNC1. The molecular weight excluding hydrogens is 176 g/mol. The van der Waals surface area contributed by atoms with Gasteiger partial charge in [-0.3, -0.25) is 14.9 Å². The van der Waals surface area contributed by atoms with E-state index in [-0.39, 0.29) is 0 Å². The van der Waals surface area contributed by atoms with E-state index in [4.69, 9.17) is 0 Å². The Hall–Kier alpha value is -1.00. The summed E-state index contributed by atoms with van der Waals surface area (Å²) in [6.07, 6.45) is 6.52. The largest absolute Gasteiger partial charge is 0.315 e. The van der Waals surface area contributed by atoms with E-state index in [0.717, 1.165) is 25.3 Å². The smallest absolute Gasteiger partial charge is 0.0726 e. The van der Waals surface area contributed by atoms with Gasteiger partial charge in [-0.25, -0.2) is 0 Å². The van der Waals surface area contributed by atoms with Crippen molar-refractivity contribution in [1.29, 1.82) is 0 Å². The molecule has 2 heterocycles. The van der Waals surface area contributed by atoms with Crippen LogP contribution in [0.3, 0.4) is 0 Å². The third-order valence-corrected chi connectivity index (χ3v) is 2.69. The zero-order valence-electron chi connectivity index (χ0n) is 8.48. The van der Waals surface area contributed by atoms with Crippen LogP contribution in [0.1, 0.15) is 12.1 Å². The molecule has 1 fully saturated rings. The summed E-state index contributed by atoms with van der Waals surface area (Å²) in [4.78, 5) is 10.7. The average Bonchev–Trinajstić information content (AvgIpc) is 2.72. The van der Waals surface area contributed by atoms with Crippen molar-refractivity contribution in [3.8, 4) is 0 Å². The summed E-state index contributed by atoms with van der Waals surface area (Å²) in [5, 5.41) is 3.36. The van der Waals surface area contributed by atoms with Crippen LogP contribution in [0, 0.1) is 0 Å². The highest BCUT2D eigenvalue weighted by atomic mass is 15.2. The van der Waals surface area contributed by atoms with Crippen LogP contribution in [0.5, 0.6) is 0 Å². The number of nitrogens with zero attached hydrogens (tertiary/aromatic N) is 3. The summed E-state index contributed by atoms with van der Waals surface area (Å²) in [5.74, 6) is 0. The highest BCUT2D eigenvalue weighted by Crippen LogP contribution is 2.08. The maximum absolute atomic E-state index is 4.27. The lowest BCUT2D eigenvalue weighted by molar-refractivity contribution is 0.246. The topological polar surface area (TPSA) is 41.1 Å². The molecule has 1 aromatic rings. The van der Waals surface area contributed by atoms with Gasteiger partial charge in [-0.05, 0) is 20.0 Å².